The highest BCUT2D eigenvalue weighted by molar-refractivity contribution is 6.32. The van der Waals surface area contributed by atoms with Gasteiger partial charge < -0.3 is 10.6 Å². The van der Waals surface area contributed by atoms with Crippen molar-refractivity contribution in [3.8, 4) is 0 Å². The molecule has 98 valence electrons. The first-order chi connectivity index (χ1) is 8.66. The summed E-state index contributed by atoms with van der Waals surface area (Å²) < 4.78 is 0. The van der Waals surface area contributed by atoms with E-state index in [-0.39, 0.29) is 5.91 Å². The van der Waals surface area contributed by atoms with E-state index >= 15 is 0 Å². The van der Waals surface area contributed by atoms with Crippen LogP contribution in [0.15, 0.2) is 12.3 Å². The zero-order chi connectivity index (χ0) is 13.0. The van der Waals surface area contributed by atoms with E-state index in [1.165, 1.54) is 0 Å². The molecule has 0 saturated carbocycles. The van der Waals surface area contributed by atoms with E-state index in [1.807, 2.05) is 13.0 Å². The van der Waals surface area contributed by atoms with Crippen LogP contribution in [0, 0.1) is 12.8 Å². The Kier molecular flexibility index (Phi) is 4.55. The average molecular weight is 268 g/mol. The number of aromatic nitrogens is 1. The van der Waals surface area contributed by atoms with Crippen LogP contribution in [-0.2, 0) is 4.79 Å². The molecule has 1 saturated heterocycles. The lowest BCUT2D eigenvalue weighted by Gasteiger charge is -2.22. The highest BCUT2D eigenvalue weighted by Crippen LogP contribution is 2.24. The summed E-state index contributed by atoms with van der Waals surface area (Å²) in [4.78, 5) is 15.9. The number of carbonyl (C=O) groups excluding carboxylic acids is 1. The molecule has 1 aliphatic rings. The molecule has 1 aliphatic heterocycles. The number of hydrogen-bond acceptors (Lipinski definition) is 3. The molecule has 2 rings (SSSR count). The lowest BCUT2D eigenvalue weighted by Crippen LogP contribution is -2.30. The highest BCUT2D eigenvalue weighted by Gasteiger charge is 2.18. The molecule has 2 heterocycles. The largest absolute Gasteiger partial charge is 0.323 e. The van der Waals surface area contributed by atoms with Crippen LogP contribution in [0.4, 0.5) is 5.69 Å². The number of pyridine rings is 1. The van der Waals surface area contributed by atoms with Gasteiger partial charge in [-0.25, -0.2) is 4.98 Å². The molecule has 18 heavy (non-hydrogen) atoms. The fourth-order valence-electron chi connectivity index (χ4n) is 2.21. The summed E-state index contributed by atoms with van der Waals surface area (Å²) in [5.74, 6) is 0.502. The SMILES string of the molecule is Cc1ccnc(Cl)c1NC(=O)CC1CCNCC1. The summed E-state index contributed by atoms with van der Waals surface area (Å²) >= 11 is 5.98. The Morgan fingerprint density at radius 3 is 2.94 bits per heavy atom. The molecule has 1 fully saturated rings. The second-order valence-corrected chi connectivity index (χ2v) is 5.10. The van der Waals surface area contributed by atoms with Crippen molar-refractivity contribution in [2.75, 3.05) is 18.4 Å². The highest BCUT2D eigenvalue weighted by atomic mass is 35.5. The van der Waals surface area contributed by atoms with E-state index < -0.39 is 0 Å². The van der Waals surface area contributed by atoms with E-state index in [2.05, 4.69) is 15.6 Å². The lowest BCUT2D eigenvalue weighted by atomic mass is 9.94. The summed E-state index contributed by atoms with van der Waals surface area (Å²) in [5, 5.41) is 6.52. The molecule has 0 unspecified atom stereocenters. The minimum atomic E-state index is 0.0277. The molecule has 5 heteroatoms. The van der Waals surface area contributed by atoms with Crippen molar-refractivity contribution in [3.05, 3.63) is 23.0 Å². The quantitative estimate of drug-likeness (QED) is 0.827. The van der Waals surface area contributed by atoms with E-state index in [4.69, 9.17) is 11.6 Å². The van der Waals surface area contributed by atoms with Gasteiger partial charge in [-0.05, 0) is 50.4 Å². The minimum absolute atomic E-state index is 0.0277. The normalized spacial score (nSPS) is 16.6. The third-order valence-electron chi connectivity index (χ3n) is 3.31. The fourth-order valence-corrected chi connectivity index (χ4v) is 2.47. The molecule has 0 aliphatic carbocycles. The topological polar surface area (TPSA) is 54.0 Å². The summed E-state index contributed by atoms with van der Waals surface area (Å²) in [6, 6.07) is 1.84. The minimum Gasteiger partial charge on any atom is -0.323 e. The number of rotatable bonds is 3. The summed E-state index contributed by atoms with van der Waals surface area (Å²) in [5.41, 5.74) is 1.58. The zero-order valence-corrected chi connectivity index (χ0v) is 11.3. The smallest absolute Gasteiger partial charge is 0.224 e. The lowest BCUT2D eigenvalue weighted by molar-refractivity contribution is -0.117. The van der Waals surface area contributed by atoms with E-state index in [0.717, 1.165) is 31.5 Å². The molecule has 0 bridgehead atoms. The number of carbonyl (C=O) groups is 1. The first-order valence-electron chi connectivity index (χ1n) is 6.28. The molecule has 1 aromatic heterocycles. The van der Waals surface area contributed by atoms with Crippen LogP contribution in [0.25, 0.3) is 0 Å². The van der Waals surface area contributed by atoms with E-state index in [9.17, 15) is 4.79 Å². The molecule has 0 spiro atoms. The molecule has 2 N–H and O–H groups in total. The molecule has 0 aromatic carbocycles. The molecule has 1 amide bonds. The maximum absolute atomic E-state index is 12.0. The van der Waals surface area contributed by atoms with Crippen molar-refractivity contribution in [2.24, 2.45) is 5.92 Å². The molecule has 0 atom stereocenters. The molecule has 1 aromatic rings. The van der Waals surface area contributed by atoms with Crippen LogP contribution in [0.3, 0.4) is 0 Å². The first kappa shape index (κ1) is 13.3. The standard InChI is InChI=1S/C13H18ClN3O/c1-9-2-7-16-13(14)12(9)17-11(18)8-10-3-5-15-6-4-10/h2,7,10,15H,3-6,8H2,1H3,(H,17,18). The van der Waals surface area contributed by atoms with Crippen molar-refractivity contribution in [1.29, 1.82) is 0 Å². The van der Waals surface area contributed by atoms with E-state index in [0.29, 0.717) is 23.2 Å². The van der Waals surface area contributed by atoms with Gasteiger partial charge in [-0.3, -0.25) is 4.79 Å². The number of nitrogens with zero attached hydrogens (tertiary/aromatic N) is 1. The number of nitrogens with one attached hydrogen (secondary N) is 2. The van der Waals surface area contributed by atoms with Crippen LogP contribution >= 0.6 is 11.6 Å². The molecular weight excluding hydrogens is 250 g/mol. The predicted molar refractivity (Wildman–Crippen MR) is 72.8 cm³/mol. The zero-order valence-electron chi connectivity index (χ0n) is 10.5. The van der Waals surface area contributed by atoms with E-state index in [1.54, 1.807) is 6.20 Å². The molecule has 0 radical (unpaired) electrons. The Hall–Kier alpha value is -1.13. The van der Waals surface area contributed by atoms with Crippen molar-refractivity contribution in [3.63, 3.8) is 0 Å². The van der Waals surface area contributed by atoms with Gasteiger partial charge in [0, 0.05) is 12.6 Å². The number of amides is 1. The Morgan fingerprint density at radius 1 is 1.56 bits per heavy atom. The van der Waals surface area contributed by atoms with Crippen LogP contribution in [0.1, 0.15) is 24.8 Å². The van der Waals surface area contributed by atoms with Crippen molar-refractivity contribution in [1.82, 2.24) is 10.3 Å². The van der Waals surface area contributed by atoms with Gasteiger partial charge in [0.05, 0.1) is 5.69 Å². The summed E-state index contributed by atoms with van der Waals surface area (Å²) in [7, 11) is 0. The van der Waals surface area contributed by atoms with Gasteiger partial charge in [-0.1, -0.05) is 11.6 Å². The van der Waals surface area contributed by atoms with Gasteiger partial charge in [-0.15, -0.1) is 0 Å². The van der Waals surface area contributed by atoms with Gasteiger partial charge in [0.15, 0.2) is 5.15 Å². The number of piperidine rings is 1. The van der Waals surface area contributed by atoms with Crippen LogP contribution in [0.2, 0.25) is 5.15 Å². The Balaban J connectivity index is 1.94. The van der Waals surface area contributed by atoms with Gasteiger partial charge in [0.25, 0.3) is 0 Å². The first-order valence-corrected chi connectivity index (χ1v) is 6.66. The fraction of sp³-hybridized carbons (Fsp3) is 0.538. The summed E-state index contributed by atoms with van der Waals surface area (Å²) in [6.07, 6.45) is 4.33. The Morgan fingerprint density at radius 2 is 2.28 bits per heavy atom. The van der Waals surface area contributed by atoms with Crippen molar-refractivity contribution in [2.45, 2.75) is 26.2 Å². The third-order valence-corrected chi connectivity index (χ3v) is 3.60. The second kappa shape index (κ2) is 6.16. The van der Waals surface area contributed by atoms with Gasteiger partial charge >= 0.3 is 0 Å². The number of aryl methyl sites for hydroxylation is 1. The number of halogens is 1. The van der Waals surface area contributed by atoms with Crippen LogP contribution < -0.4 is 10.6 Å². The number of anilines is 1. The van der Waals surface area contributed by atoms with Gasteiger partial charge in [-0.2, -0.15) is 0 Å². The monoisotopic (exact) mass is 267 g/mol. The molecular formula is C13H18ClN3O. The number of hydrogen-bond donors (Lipinski definition) is 2. The van der Waals surface area contributed by atoms with Crippen molar-refractivity contribution < 1.29 is 4.79 Å². The Labute approximate surface area is 112 Å². The third kappa shape index (κ3) is 3.43. The second-order valence-electron chi connectivity index (χ2n) is 4.74. The predicted octanol–water partition coefficient (Wildman–Crippen LogP) is 2.37. The van der Waals surface area contributed by atoms with Crippen LogP contribution in [0.5, 0.6) is 0 Å². The summed E-state index contributed by atoms with van der Waals surface area (Å²) in [6.45, 7) is 3.92. The maximum atomic E-state index is 12.0. The molecule has 4 nitrogen and oxygen atoms in total. The van der Waals surface area contributed by atoms with Gasteiger partial charge in [0.1, 0.15) is 0 Å². The van der Waals surface area contributed by atoms with Gasteiger partial charge in [0.2, 0.25) is 5.91 Å². The van der Waals surface area contributed by atoms with Crippen molar-refractivity contribution >= 4 is 23.2 Å². The van der Waals surface area contributed by atoms with Crippen LogP contribution in [-0.4, -0.2) is 24.0 Å². The average Bonchev–Trinajstić information content (AvgIpc) is 2.35. The Bertz CT molecular complexity index is 410. The maximum Gasteiger partial charge on any atom is 0.224 e.